The van der Waals surface area contributed by atoms with Crippen LogP contribution in [0.5, 0.6) is 11.5 Å². The molecule has 26 heavy (non-hydrogen) atoms. The van der Waals surface area contributed by atoms with Crippen molar-refractivity contribution in [2.75, 3.05) is 26.2 Å². The Kier molecular flexibility index (Phi) is 4.61. The zero-order valence-electron chi connectivity index (χ0n) is 14.6. The molecule has 0 atom stereocenters. The fourth-order valence-electron chi connectivity index (χ4n) is 3.19. The van der Waals surface area contributed by atoms with E-state index < -0.39 is 0 Å². The molecular weight excluding hydrogens is 328 g/mol. The van der Waals surface area contributed by atoms with Crippen molar-refractivity contribution in [2.24, 2.45) is 5.92 Å². The summed E-state index contributed by atoms with van der Waals surface area (Å²) in [6.07, 6.45) is 2.05. The minimum Gasteiger partial charge on any atom is -0.457 e. The quantitative estimate of drug-likeness (QED) is 0.851. The van der Waals surface area contributed by atoms with E-state index in [1.807, 2.05) is 52.3 Å². The van der Waals surface area contributed by atoms with Crippen LogP contribution in [0.4, 0.5) is 0 Å². The Morgan fingerprint density at radius 1 is 0.769 bits per heavy atom. The fourth-order valence-corrected chi connectivity index (χ4v) is 3.19. The van der Waals surface area contributed by atoms with Gasteiger partial charge in [0.2, 0.25) is 5.91 Å². The molecule has 2 fully saturated rings. The molecule has 1 saturated carbocycles. The highest BCUT2D eigenvalue weighted by Gasteiger charge is 2.35. The van der Waals surface area contributed by atoms with E-state index in [4.69, 9.17) is 4.74 Å². The van der Waals surface area contributed by atoms with Crippen LogP contribution in [0.3, 0.4) is 0 Å². The average Bonchev–Trinajstić information content (AvgIpc) is 3.54. The molecule has 1 aliphatic carbocycles. The van der Waals surface area contributed by atoms with Crippen LogP contribution in [-0.2, 0) is 4.79 Å². The fraction of sp³-hybridized carbons (Fsp3) is 0.333. The van der Waals surface area contributed by atoms with Crippen molar-refractivity contribution >= 4 is 11.8 Å². The predicted octanol–water partition coefficient (Wildman–Crippen LogP) is 3.17. The summed E-state index contributed by atoms with van der Waals surface area (Å²) in [5.41, 5.74) is 0.646. The third-order valence-corrected chi connectivity index (χ3v) is 4.89. The molecule has 1 saturated heterocycles. The lowest BCUT2D eigenvalue weighted by atomic mass is 10.1. The minimum absolute atomic E-state index is 0.00906. The van der Waals surface area contributed by atoms with E-state index in [2.05, 4.69) is 0 Å². The molecule has 2 aromatic carbocycles. The molecule has 0 aromatic heterocycles. The highest BCUT2D eigenvalue weighted by Crippen LogP contribution is 2.31. The summed E-state index contributed by atoms with van der Waals surface area (Å²) in [6.45, 7) is 2.46. The number of hydrogen-bond acceptors (Lipinski definition) is 3. The monoisotopic (exact) mass is 350 g/mol. The topological polar surface area (TPSA) is 49.9 Å². The Bertz CT molecular complexity index is 777. The van der Waals surface area contributed by atoms with Gasteiger partial charge in [-0.1, -0.05) is 18.2 Å². The molecular formula is C21H22N2O3. The Labute approximate surface area is 153 Å². The van der Waals surface area contributed by atoms with Crippen LogP contribution in [0.15, 0.2) is 54.6 Å². The molecule has 1 aliphatic heterocycles. The highest BCUT2D eigenvalue weighted by atomic mass is 16.5. The largest absolute Gasteiger partial charge is 0.457 e. The highest BCUT2D eigenvalue weighted by molar-refractivity contribution is 5.94. The summed E-state index contributed by atoms with van der Waals surface area (Å²) in [5.74, 6) is 1.99. The Hall–Kier alpha value is -2.82. The summed E-state index contributed by atoms with van der Waals surface area (Å²) >= 11 is 0. The lowest BCUT2D eigenvalue weighted by molar-refractivity contribution is -0.134. The van der Waals surface area contributed by atoms with E-state index in [0.717, 1.165) is 18.6 Å². The van der Waals surface area contributed by atoms with Crippen LogP contribution in [0.25, 0.3) is 0 Å². The van der Waals surface area contributed by atoms with Crippen LogP contribution < -0.4 is 4.74 Å². The first kappa shape index (κ1) is 16.6. The van der Waals surface area contributed by atoms with Crippen LogP contribution in [0.2, 0.25) is 0 Å². The smallest absolute Gasteiger partial charge is 0.253 e. The molecule has 0 spiro atoms. The maximum absolute atomic E-state index is 12.7. The summed E-state index contributed by atoms with van der Waals surface area (Å²) < 4.78 is 5.76. The number of hydrogen-bond donors (Lipinski definition) is 0. The second kappa shape index (κ2) is 7.20. The number of carbonyl (C=O) groups is 2. The van der Waals surface area contributed by atoms with E-state index in [1.165, 1.54) is 0 Å². The number of ether oxygens (including phenoxy) is 1. The standard InChI is InChI=1S/C21H22N2O3/c24-20(16-6-7-16)22-12-14-23(15-13-22)21(25)17-8-10-19(11-9-17)26-18-4-2-1-3-5-18/h1-5,8-11,16H,6-7,12-15H2. The van der Waals surface area contributed by atoms with Gasteiger partial charge in [0.25, 0.3) is 5.91 Å². The van der Waals surface area contributed by atoms with Crippen molar-refractivity contribution in [1.82, 2.24) is 9.80 Å². The number of benzene rings is 2. The van der Waals surface area contributed by atoms with Crippen LogP contribution in [-0.4, -0.2) is 47.8 Å². The van der Waals surface area contributed by atoms with Crippen molar-refractivity contribution in [3.05, 3.63) is 60.2 Å². The van der Waals surface area contributed by atoms with Crippen LogP contribution >= 0.6 is 0 Å². The molecule has 0 radical (unpaired) electrons. The van der Waals surface area contributed by atoms with Crippen molar-refractivity contribution in [3.63, 3.8) is 0 Å². The van der Waals surface area contributed by atoms with E-state index >= 15 is 0 Å². The molecule has 4 rings (SSSR count). The molecule has 2 aromatic rings. The van der Waals surface area contributed by atoms with E-state index in [-0.39, 0.29) is 17.7 Å². The third-order valence-electron chi connectivity index (χ3n) is 4.89. The molecule has 0 bridgehead atoms. The molecule has 5 nitrogen and oxygen atoms in total. The van der Waals surface area contributed by atoms with Crippen molar-refractivity contribution < 1.29 is 14.3 Å². The summed E-state index contributed by atoms with van der Waals surface area (Å²) in [5, 5.41) is 0. The van der Waals surface area contributed by atoms with Crippen molar-refractivity contribution in [1.29, 1.82) is 0 Å². The van der Waals surface area contributed by atoms with Crippen molar-refractivity contribution in [3.8, 4) is 11.5 Å². The average molecular weight is 350 g/mol. The van der Waals surface area contributed by atoms with Gasteiger partial charge >= 0.3 is 0 Å². The first-order valence-corrected chi connectivity index (χ1v) is 9.12. The molecule has 2 amide bonds. The molecule has 1 heterocycles. The number of carbonyl (C=O) groups excluding carboxylic acids is 2. The lowest BCUT2D eigenvalue weighted by Crippen LogP contribution is -2.51. The first-order valence-electron chi connectivity index (χ1n) is 9.12. The van der Waals surface area contributed by atoms with Gasteiger partial charge in [-0.15, -0.1) is 0 Å². The summed E-state index contributed by atoms with van der Waals surface area (Å²) in [7, 11) is 0. The molecule has 134 valence electrons. The maximum Gasteiger partial charge on any atom is 0.253 e. The molecule has 0 N–H and O–H groups in total. The second-order valence-electron chi connectivity index (χ2n) is 6.83. The van der Waals surface area contributed by atoms with Gasteiger partial charge in [-0.3, -0.25) is 9.59 Å². The van der Waals surface area contributed by atoms with Gasteiger partial charge < -0.3 is 14.5 Å². The zero-order chi connectivity index (χ0) is 17.9. The Morgan fingerprint density at radius 2 is 1.35 bits per heavy atom. The van der Waals surface area contributed by atoms with Crippen LogP contribution in [0, 0.1) is 5.92 Å². The van der Waals surface area contributed by atoms with Gasteiger partial charge in [0, 0.05) is 37.7 Å². The Balaban J connectivity index is 1.34. The lowest BCUT2D eigenvalue weighted by Gasteiger charge is -2.35. The number of nitrogens with zero attached hydrogens (tertiary/aromatic N) is 2. The minimum atomic E-state index is 0.00906. The van der Waals surface area contributed by atoms with Gasteiger partial charge in [0.15, 0.2) is 0 Å². The predicted molar refractivity (Wildman–Crippen MR) is 98.2 cm³/mol. The number of rotatable bonds is 4. The second-order valence-corrected chi connectivity index (χ2v) is 6.83. The normalized spacial score (nSPS) is 17.1. The van der Waals surface area contributed by atoms with E-state index in [9.17, 15) is 9.59 Å². The Morgan fingerprint density at radius 3 is 1.96 bits per heavy atom. The van der Waals surface area contributed by atoms with E-state index in [0.29, 0.717) is 37.5 Å². The maximum atomic E-state index is 12.7. The van der Waals surface area contributed by atoms with Crippen molar-refractivity contribution in [2.45, 2.75) is 12.8 Å². The zero-order valence-corrected chi connectivity index (χ0v) is 14.6. The summed E-state index contributed by atoms with van der Waals surface area (Å²) in [4.78, 5) is 28.5. The number of amides is 2. The van der Waals surface area contributed by atoms with Crippen LogP contribution in [0.1, 0.15) is 23.2 Å². The van der Waals surface area contributed by atoms with Gasteiger partial charge in [0.1, 0.15) is 11.5 Å². The number of para-hydroxylation sites is 1. The molecule has 0 unspecified atom stereocenters. The SMILES string of the molecule is O=C(c1ccc(Oc2ccccc2)cc1)N1CCN(C(=O)C2CC2)CC1. The van der Waals surface area contributed by atoms with Gasteiger partial charge in [-0.05, 0) is 49.2 Å². The van der Waals surface area contributed by atoms with Gasteiger partial charge in [-0.2, -0.15) is 0 Å². The number of piperazine rings is 1. The molecule has 5 heteroatoms. The van der Waals surface area contributed by atoms with E-state index in [1.54, 1.807) is 12.1 Å². The first-order chi connectivity index (χ1) is 12.7. The third kappa shape index (κ3) is 3.72. The molecule has 2 aliphatic rings. The summed E-state index contributed by atoms with van der Waals surface area (Å²) in [6, 6.07) is 16.8. The van der Waals surface area contributed by atoms with Gasteiger partial charge in [-0.25, -0.2) is 0 Å². The van der Waals surface area contributed by atoms with Gasteiger partial charge in [0.05, 0.1) is 0 Å².